The van der Waals surface area contributed by atoms with Crippen LogP contribution in [0.3, 0.4) is 0 Å². The molecule has 3 rings (SSSR count). The van der Waals surface area contributed by atoms with Crippen molar-refractivity contribution in [3.63, 3.8) is 0 Å². The summed E-state index contributed by atoms with van der Waals surface area (Å²) in [6.45, 7) is 8.83. The van der Waals surface area contributed by atoms with E-state index < -0.39 is 10.0 Å². The lowest BCUT2D eigenvalue weighted by Crippen LogP contribution is -2.18. The van der Waals surface area contributed by atoms with Crippen LogP contribution in [0.4, 0.5) is 0 Å². The molecule has 1 aromatic heterocycles. The molecule has 27 heavy (non-hydrogen) atoms. The van der Waals surface area contributed by atoms with Gasteiger partial charge in [-0.1, -0.05) is 51.5 Å². The molecule has 3 aromatic rings. The molecule has 0 radical (unpaired) electrons. The van der Waals surface area contributed by atoms with E-state index in [1.54, 1.807) is 42.5 Å². The molecule has 0 amide bonds. The van der Waals surface area contributed by atoms with Gasteiger partial charge in [-0.05, 0) is 42.2 Å². The number of benzene rings is 2. The van der Waals surface area contributed by atoms with E-state index in [2.05, 4.69) is 17.2 Å². The number of unbranched alkanes of at least 4 members (excludes halogenated alkanes) is 1. The van der Waals surface area contributed by atoms with Crippen molar-refractivity contribution < 1.29 is 13.2 Å². The summed E-state index contributed by atoms with van der Waals surface area (Å²) in [4.78, 5) is 0.172. The van der Waals surface area contributed by atoms with Crippen LogP contribution in [0.2, 0.25) is 0 Å². The fourth-order valence-corrected chi connectivity index (χ4v) is 4.09. The molecule has 2 aromatic carbocycles. The third kappa shape index (κ3) is 3.83. The van der Waals surface area contributed by atoms with Crippen molar-refractivity contribution in [2.24, 2.45) is 0 Å². The van der Waals surface area contributed by atoms with Crippen LogP contribution in [0.1, 0.15) is 46.1 Å². The largest absolute Gasteiger partial charge is 0.493 e. The number of nitrogens with zero attached hydrogens (tertiary/aromatic N) is 3. The lowest BCUT2D eigenvalue weighted by Gasteiger charge is -2.23. The van der Waals surface area contributed by atoms with Crippen LogP contribution < -0.4 is 4.74 Å². The van der Waals surface area contributed by atoms with Gasteiger partial charge in [-0.3, -0.25) is 0 Å². The molecule has 0 aliphatic heterocycles. The van der Waals surface area contributed by atoms with Crippen LogP contribution in [-0.2, 0) is 15.4 Å². The standard InChI is InChI=1S/C20H25N3O3S/c1-5-6-13-26-19-12-11-15(14-16(19)20(2,3)4)27(24,25)23-18-10-8-7-9-17(18)21-22-23/h7-12,14H,5-6,13H2,1-4H3. The second-order valence-electron chi connectivity index (χ2n) is 7.54. The summed E-state index contributed by atoms with van der Waals surface area (Å²) in [5, 5.41) is 7.82. The fraction of sp³-hybridized carbons (Fsp3) is 0.400. The van der Waals surface area contributed by atoms with E-state index >= 15 is 0 Å². The van der Waals surface area contributed by atoms with Gasteiger partial charge in [-0.25, -0.2) is 0 Å². The van der Waals surface area contributed by atoms with Gasteiger partial charge in [0.1, 0.15) is 16.8 Å². The number of rotatable bonds is 6. The van der Waals surface area contributed by atoms with Gasteiger partial charge in [0, 0.05) is 5.56 Å². The highest BCUT2D eigenvalue weighted by molar-refractivity contribution is 7.90. The van der Waals surface area contributed by atoms with Crippen molar-refractivity contribution in [1.29, 1.82) is 0 Å². The van der Waals surface area contributed by atoms with Crippen molar-refractivity contribution >= 4 is 21.1 Å². The van der Waals surface area contributed by atoms with E-state index in [0.29, 0.717) is 17.6 Å². The molecule has 0 atom stereocenters. The number of fused-ring (bicyclic) bond motifs is 1. The average molecular weight is 388 g/mol. The Kier molecular flexibility index (Phi) is 5.24. The maximum absolute atomic E-state index is 13.2. The van der Waals surface area contributed by atoms with Gasteiger partial charge < -0.3 is 4.74 Å². The van der Waals surface area contributed by atoms with E-state index in [4.69, 9.17) is 4.74 Å². The molecular weight excluding hydrogens is 362 g/mol. The van der Waals surface area contributed by atoms with Crippen LogP contribution in [0.15, 0.2) is 47.4 Å². The molecule has 0 aliphatic carbocycles. The van der Waals surface area contributed by atoms with E-state index in [-0.39, 0.29) is 10.3 Å². The molecule has 0 N–H and O–H groups in total. The molecule has 0 fully saturated rings. The second-order valence-corrected chi connectivity index (χ2v) is 9.30. The van der Waals surface area contributed by atoms with Crippen molar-refractivity contribution in [2.75, 3.05) is 6.61 Å². The van der Waals surface area contributed by atoms with Crippen molar-refractivity contribution in [2.45, 2.75) is 50.8 Å². The lowest BCUT2D eigenvalue weighted by molar-refractivity contribution is 0.301. The second kappa shape index (κ2) is 7.31. The summed E-state index contributed by atoms with van der Waals surface area (Å²) < 4.78 is 33.2. The molecule has 7 heteroatoms. The zero-order valence-electron chi connectivity index (χ0n) is 16.1. The van der Waals surface area contributed by atoms with Gasteiger partial charge >= 0.3 is 0 Å². The zero-order chi connectivity index (χ0) is 19.7. The Hall–Kier alpha value is -2.41. The Labute approximate surface area is 160 Å². The van der Waals surface area contributed by atoms with Gasteiger partial charge in [0.25, 0.3) is 10.0 Å². The molecule has 0 spiro atoms. The van der Waals surface area contributed by atoms with Crippen LogP contribution in [0, 0.1) is 0 Å². The Balaban J connectivity index is 2.08. The Morgan fingerprint density at radius 2 is 1.85 bits per heavy atom. The maximum atomic E-state index is 13.2. The Bertz CT molecular complexity index is 1050. The number of ether oxygens (including phenoxy) is 1. The van der Waals surface area contributed by atoms with Gasteiger partial charge in [0.05, 0.1) is 11.5 Å². The molecule has 6 nitrogen and oxygen atoms in total. The van der Waals surface area contributed by atoms with Gasteiger partial charge in [-0.2, -0.15) is 8.42 Å². The molecule has 1 heterocycles. The Morgan fingerprint density at radius 3 is 2.56 bits per heavy atom. The minimum Gasteiger partial charge on any atom is -0.493 e. The lowest BCUT2D eigenvalue weighted by atomic mass is 9.86. The predicted octanol–water partition coefficient (Wildman–Crippen LogP) is 4.14. The van der Waals surface area contributed by atoms with Gasteiger partial charge in [-0.15, -0.1) is 9.19 Å². The predicted molar refractivity (Wildman–Crippen MR) is 106 cm³/mol. The maximum Gasteiger partial charge on any atom is 0.284 e. The molecule has 0 aliphatic rings. The topological polar surface area (TPSA) is 74.1 Å². The summed E-state index contributed by atoms with van der Waals surface area (Å²) in [5.41, 5.74) is 1.58. The quantitative estimate of drug-likeness (QED) is 0.594. The van der Waals surface area contributed by atoms with Crippen LogP contribution in [-0.4, -0.2) is 29.4 Å². The van der Waals surface area contributed by atoms with E-state index in [9.17, 15) is 8.42 Å². The minimum absolute atomic E-state index is 0.172. The van der Waals surface area contributed by atoms with Gasteiger partial charge in [0.15, 0.2) is 0 Å². The number of para-hydroxylation sites is 1. The summed E-state index contributed by atoms with van der Waals surface area (Å²) in [5.74, 6) is 0.721. The molecule has 0 unspecified atom stereocenters. The SMILES string of the molecule is CCCCOc1ccc(S(=O)(=O)n2nnc3ccccc32)cc1C(C)(C)C. The number of hydrogen-bond donors (Lipinski definition) is 0. The summed E-state index contributed by atoms with van der Waals surface area (Å²) in [6, 6.07) is 12.0. The van der Waals surface area contributed by atoms with Crippen LogP contribution >= 0.6 is 0 Å². The van der Waals surface area contributed by atoms with Crippen LogP contribution in [0.5, 0.6) is 5.75 Å². The zero-order valence-corrected chi connectivity index (χ0v) is 17.0. The molecular formula is C20H25N3O3S. The first-order chi connectivity index (χ1) is 12.7. The third-order valence-corrected chi connectivity index (χ3v) is 5.94. The average Bonchev–Trinajstić information content (AvgIpc) is 3.06. The molecule has 0 saturated heterocycles. The molecule has 0 saturated carbocycles. The van der Waals surface area contributed by atoms with E-state index in [0.717, 1.165) is 28.2 Å². The highest BCUT2D eigenvalue weighted by Gasteiger charge is 2.26. The summed E-state index contributed by atoms with van der Waals surface area (Å²) in [6.07, 6.45) is 1.99. The third-order valence-electron chi connectivity index (χ3n) is 4.36. The Morgan fingerprint density at radius 1 is 1.11 bits per heavy atom. The van der Waals surface area contributed by atoms with Crippen molar-refractivity contribution in [3.05, 3.63) is 48.0 Å². The first-order valence-electron chi connectivity index (χ1n) is 9.08. The summed E-state index contributed by atoms with van der Waals surface area (Å²) >= 11 is 0. The van der Waals surface area contributed by atoms with Crippen LogP contribution in [0.25, 0.3) is 11.0 Å². The molecule has 144 valence electrons. The summed E-state index contributed by atoms with van der Waals surface area (Å²) in [7, 11) is -3.86. The first kappa shape index (κ1) is 19.4. The number of aromatic nitrogens is 3. The fourth-order valence-electron chi connectivity index (χ4n) is 2.83. The smallest absolute Gasteiger partial charge is 0.284 e. The monoisotopic (exact) mass is 387 g/mol. The van der Waals surface area contributed by atoms with Crippen molar-refractivity contribution in [3.8, 4) is 5.75 Å². The first-order valence-corrected chi connectivity index (χ1v) is 10.5. The van der Waals surface area contributed by atoms with E-state index in [1.165, 1.54) is 0 Å². The highest BCUT2D eigenvalue weighted by Crippen LogP contribution is 2.34. The minimum atomic E-state index is -3.86. The molecule has 0 bridgehead atoms. The number of hydrogen-bond acceptors (Lipinski definition) is 5. The van der Waals surface area contributed by atoms with Crippen molar-refractivity contribution in [1.82, 2.24) is 14.4 Å². The van der Waals surface area contributed by atoms with E-state index in [1.807, 2.05) is 20.8 Å². The normalized spacial score (nSPS) is 12.4. The highest BCUT2D eigenvalue weighted by atomic mass is 32.2. The van der Waals surface area contributed by atoms with Gasteiger partial charge in [0.2, 0.25) is 0 Å².